The number of anilines is 1. The summed E-state index contributed by atoms with van der Waals surface area (Å²) in [6.45, 7) is 2.34. The van der Waals surface area contributed by atoms with Gasteiger partial charge >= 0.3 is 0 Å². The van der Waals surface area contributed by atoms with Gasteiger partial charge in [-0.15, -0.1) is 0 Å². The third kappa shape index (κ3) is 3.17. The number of hydrogen-bond donors (Lipinski definition) is 1. The Morgan fingerprint density at radius 3 is 3.00 bits per heavy atom. The van der Waals surface area contributed by atoms with Gasteiger partial charge in [0.1, 0.15) is 5.69 Å². The maximum atomic E-state index is 10.8. The first-order valence-corrected chi connectivity index (χ1v) is 5.73. The van der Waals surface area contributed by atoms with E-state index in [0.29, 0.717) is 11.6 Å². The second-order valence-corrected chi connectivity index (χ2v) is 4.14. The number of ether oxygens (including phenoxy) is 1. The Kier molecular flexibility index (Phi) is 3.93. The Balaban J connectivity index is 1.96. The number of nitro groups is 1. The van der Waals surface area contributed by atoms with Crippen LogP contribution in [0.4, 0.5) is 11.4 Å². The first-order valence-electron chi connectivity index (χ1n) is 5.73. The molecule has 1 aromatic carbocycles. The van der Waals surface area contributed by atoms with Crippen molar-refractivity contribution < 1.29 is 9.66 Å². The fourth-order valence-electron chi connectivity index (χ4n) is 1.93. The molecule has 0 spiro atoms. The van der Waals surface area contributed by atoms with Crippen LogP contribution in [-0.4, -0.2) is 24.7 Å². The van der Waals surface area contributed by atoms with E-state index < -0.39 is 0 Å². The van der Waals surface area contributed by atoms with Gasteiger partial charge in [-0.3, -0.25) is 10.1 Å². The molecule has 1 fully saturated rings. The molecule has 0 aliphatic carbocycles. The molecular weight excluding hydrogens is 220 g/mol. The van der Waals surface area contributed by atoms with Crippen LogP contribution in [0.25, 0.3) is 0 Å². The van der Waals surface area contributed by atoms with Crippen molar-refractivity contribution in [2.45, 2.75) is 12.8 Å². The lowest BCUT2D eigenvalue weighted by atomic mass is 10.0. The van der Waals surface area contributed by atoms with Gasteiger partial charge in [-0.1, -0.05) is 6.07 Å². The summed E-state index contributed by atoms with van der Waals surface area (Å²) in [7, 11) is 0. The van der Waals surface area contributed by atoms with Crippen LogP contribution < -0.4 is 5.32 Å². The zero-order valence-electron chi connectivity index (χ0n) is 9.52. The van der Waals surface area contributed by atoms with Crippen LogP contribution in [0.5, 0.6) is 0 Å². The number of nitrogens with one attached hydrogen (secondary N) is 1. The molecule has 1 saturated heterocycles. The highest BCUT2D eigenvalue weighted by Crippen LogP contribution is 2.24. The van der Waals surface area contributed by atoms with Gasteiger partial charge < -0.3 is 10.1 Å². The largest absolute Gasteiger partial charge is 0.381 e. The maximum Gasteiger partial charge on any atom is 0.292 e. The van der Waals surface area contributed by atoms with E-state index in [1.54, 1.807) is 12.1 Å². The van der Waals surface area contributed by atoms with Crippen molar-refractivity contribution in [3.05, 3.63) is 34.4 Å². The highest BCUT2D eigenvalue weighted by atomic mass is 16.6. The summed E-state index contributed by atoms with van der Waals surface area (Å²) in [6.07, 6.45) is 2.03. The molecule has 0 bridgehead atoms. The van der Waals surface area contributed by atoms with Crippen molar-refractivity contribution in [1.82, 2.24) is 0 Å². The molecule has 1 radical (unpaired) electrons. The van der Waals surface area contributed by atoms with Crippen LogP contribution in [0.3, 0.4) is 0 Å². The van der Waals surface area contributed by atoms with E-state index in [1.807, 2.05) is 0 Å². The lowest BCUT2D eigenvalue weighted by molar-refractivity contribution is -0.384. The van der Waals surface area contributed by atoms with Crippen LogP contribution >= 0.6 is 0 Å². The van der Waals surface area contributed by atoms with E-state index in [4.69, 9.17) is 4.74 Å². The van der Waals surface area contributed by atoms with Gasteiger partial charge in [0.2, 0.25) is 0 Å². The van der Waals surface area contributed by atoms with E-state index in [2.05, 4.69) is 11.4 Å². The minimum Gasteiger partial charge on any atom is -0.381 e. The van der Waals surface area contributed by atoms with E-state index in [0.717, 1.165) is 32.6 Å². The van der Waals surface area contributed by atoms with Crippen molar-refractivity contribution >= 4 is 11.4 Å². The van der Waals surface area contributed by atoms with Crippen LogP contribution in [0, 0.1) is 22.1 Å². The minimum atomic E-state index is -0.386. The van der Waals surface area contributed by atoms with Crippen molar-refractivity contribution in [1.29, 1.82) is 0 Å². The standard InChI is InChI=1S/C12H15N2O3/c15-14(16)12-4-2-1-3-11(12)13-9-10-5-7-17-8-6-10/h1,3-4,10,13H,5-9H2. The molecule has 2 rings (SSSR count). The SMILES string of the molecule is O=[N+]([O-])c1c[c]ccc1NCC1CCOCC1. The molecule has 5 nitrogen and oxygen atoms in total. The van der Waals surface area contributed by atoms with Crippen LogP contribution in [0.15, 0.2) is 18.2 Å². The monoisotopic (exact) mass is 235 g/mol. The van der Waals surface area contributed by atoms with Crippen molar-refractivity contribution in [2.24, 2.45) is 5.92 Å². The number of nitrogens with zero attached hydrogens (tertiary/aromatic N) is 1. The highest BCUT2D eigenvalue weighted by Gasteiger charge is 2.16. The molecule has 5 heteroatoms. The second-order valence-electron chi connectivity index (χ2n) is 4.14. The number of rotatable bonds is 4. The van der Waals surface area contributed by atoms with Gasteiger partial charge in [0.25, 0.3) is 5.69 Å². The Morgan fingerprint density at radius 2 is 2.29 bits per heavy atom. The van der Waals surface area contributed by atoms with E-state index in [9.17, 15) is 10.1 Å². The highest BCUT2D eigenvalue weighted by molar-refractivity contribution is 5.60. The summed E-state index contributed by atoms with van der Waals surface area (Å²) in [5, 5.41) is 13.9. The Hall–Kier alpha value is -1.62. The molecule has 91 valence electrons. The molecule has 1 aliphatic rings. The summed E-state index contributed by atoms with van der Waals surface area (Å²) < 4.78 is 5.27. The fourth-order valence-corrected chi connectivity index (χ4v) is 1.93. The van der Waals surface area contributed by atoms with Crippen LogP contribution in [-0.2, 0) is 4.74 Å². The Morgan fingerprint density at radius 1 is 1.53 bits per heavy atom. The normalized spacial score (nSPS) is 16.7. The lowest BCUT2D eigenvalue weighted by Gasteiger charge is -2.22. The van der Waals surface area contributed by atoms with Gasteiger partial charge in [0.15, 0.2) is 0 Å². The van der Waals surface area contributed by atoms with Gasteiger partial charge in [-0.05, 0) is 30.9 Å². The predicted molar refractivity (Wildman–Crippen MR) is 64.0 cm³/mol. The van der Waals surface area contributed by atoms with Crippen LogP contribution in [0.2, 0.25) is 0 Å². The molecule has 1 heterocycles. The Bertz CT molecular complexity index is 389. The third-order valence-corrected chi connectivity index (χ3v) is 2.96. The number of hydrogen-bond acceptors (Lipinski definition) is 4. The average molecular weight is 235 g/mol. The van der Waals surface area contributed by atoms with Crippen LogP contribution in [0.1, 0.15) is 12.8 Å². The second kappa shape index (κ2) is 5.63. The first-order chi connectivity index (χ1) is 8.27. The minimum absolute atomic E-state index is 0.0829. The number of nitro benzene ring substituents is 1. The van der Waals surface area contributed by atoms with E-state index in [-0.39, 0.29) is 10.6 Å². The molecule has 0 atom stereocenters. The van der Waals surface area contributed by atoms with Crippen molar-refractivity contribution in [3.8, 4) is 0 Å². The van der Waals surface area contributed by atoms with Gasteiger partial charge in [0.05, 0.1) is 4.92 Å². The zero-order valence-corrected chi connectivity index (χ0v) is 9.52. The molecule has 1 aliphatic heterocycles. The quantitative estimate of drug-likeness (QED) is 0.642. The predicted octanol–water partition coefficient (Wildman–Crippen LogP) is 2.23. The van der Waals surface area contributed by atoms with E-state index in [1.165, 1.54) is 6.07 Å². The molecule has 0 amide bonds. The summed E-state index contributed by atoms with van der Waals surface area (Å²) in [6, 6.07) is 7.49. The molecule has 1 aromatic rings. The van der Waals surface area contributed by atoms with Gasteiger partial charge in [0, 0.05) is 25.8 Å². The van der Waals surface area contributed by atoms with Crippen molar-refractivity contribution in [2.75, 3.05) is 25.1 Å². The summed E-state index contributed by atoms with van der Waals surface area (Å²) >= 11 is 0. The summed E-state index contributed by atoms with van der Waals surface area (Å²) in [5.41, 5.74) is 0.653. The molecule has 0 aromatic heterocycles. The fraction of sp³-hybridized carbons (Fsp3) is 0.500. The third-order valence-electron chi connectivity index (χ3n) is 2.96. The molecule has 0 unspecified atom stereocenters. The summed E-state index contributed by atoms with van der Waals surface area (Å²) in [4.78, 5) is 10.4. The maximum absolute atomic E-state index is 10.8. The van der Waals surface area contributed by atoms with Crippen molar-refractivity contribution in [3.63, 3.8) is 0 Å². The topological polar surface area (TPSA) is 64.4 Å². The first kappa shape index (κ1) is 11.9. The molecular formula is C12H15N2O3. The molecule has 17 heavy (non-hydrogen) atoms. The average Bonchev–Trinajstić information content (AvgIpc) is 2.38. The number of benzene rings is 1. The molecule has 1 N–H and O–H groups in total. The Labute approximate surface area is 99.9 Å². The van der Waals surface area contributed by atoms with E-state index >= 15 is 0 Å². The molecule has 0 saturated carbocycles. The smallest absolute Gasteiger partial charge is 0.292 e. The van der Waals surface area contributed by atoms with Gasteiger partial charge in [-0.2, -0.15) is 0 Å². The van der Waals surface area contributed by atoms with Gasteiger partial charge in [-0.25, -0.2) is 0 Å². The zero-order chi connectivity index (χ0) is 12.1. The lowest BCUT2D eigenvalue weighted by Crippen LogP contribution is -2.22. The summed E-state index contributed by atoms with van der Waals surface area (Å²) in [5.74, 6) is 0.535.